The Morgan fingerprint density at radius 3 is 2.26 bits per heavy atom. The number of nitrogens with one attached hydrogen (secondary N) is 1. The molecule has 0 saturated carbocycles. The van der Waals surface area contributed by atoms with Crippen LogP contribution in [0.5, 0.6) is 17.2 Å². The van der Waals surface area contributed by atoms with Gasteiger partial charge in [-0.15, -0.1) is 0 Å². The van der Waals surface area contributed by atoms with Crippen molar-refractivity contribution in [3.8, 4) is 17.2 Å². The number of anilines is 1. The number of hydrogen-bond donors (Lipinski definition) is 2. The lowest BCUT2D eigenvalue weighted by molar-refractivity contribution is -0.147. The van der Waals surface area contributed by atoms with E-state index >= 15 is 0 Å². The van der Waals surface area contributed by atoms with Gasteiger partial charge in [-0.1, -0.05) is 35.3 Å². The number of aliphatic carboxylic acids is 1. The SMILES string of the molecule is COc1ccc(Oc2c(Cl)cc(NC(=O)C(=O)O)cc2Cl)cc1Cc1ccc(F)cc1. The van der Waals surface area contributed by atoms with Crippen LogP contribution in [0.25, 0.3) is 0 Å². The molecule has 160 valence electrons. The highest BCUT2D eigenvalue weighted by molar-refractivity contribution is 6.39. The van der Waals surface area contributed by atoms with Crippen LogP contribution in [0.1, 0.15) is 11.1 Å². The van der Waals surface area contributed by atoms with Crippen LogP contribution >= 0.6 is 23.2 Å². The van der Waals surface area contributed by atoms with E-state index in [0.717, 1.165) is 11.1 Å². The van der Waals surface area contributed by atoms with Gasteiger partial charge in [0.15, 0.2) is 5.75 Å². The van der Waals surface area contributed by atoms with E-state index in [0.29, 0.717) is 17.9 Å². The molecule has 9 heteroatoms. The van der Waals surface area contributed by atoms with E-state index in [9.17, 15) is 14.0 Å². The summed E-state index contributed by atoms with van der Waals surface area (Å²) >= 11 is 12.4. The number of halogens is 3. The molecule has 0 saturated heterocycles. The van der Waals surface area contributed by atoms with Crippen molar-refractivity contribution in [2.24, 2.45) is 0 Å². The van der Waals surface area contributed by atoms with E-state index in [1.807, 2.05) is 0 Å². The first-order valence-corrected chi connectivity index (χ1v) is 9.65. The van der Waals surface area contributed by atoms with Crippen molar-refractivity contribution in [1.82, 2.24) is 0 Å². The molecule has 3 aromatic carbocycles. The quantitative estimate of drug-likeness (QED) is 0.468. The molecular formula is C22H16Cl2FNO5. The van der Waals surface area contributed by atoms with E-state index in [1.165, 1.54) is 24.3 Å². The maximum Gasteiger partial charge on any atom is 0.394 e. The molecule has 0 fully saturated rings. The van der Waals surface area contributed by atoms with Crippen LogP contribution in [-0.4, -0.2) is 24.1 Å². The van der Waals surface area contributed by atoms with Crippen LogP contribution in [0.3, 0.4) is 0 Å². The first-order chi connectivity index (χ1) is 14.8. The lowest BCUT2D eigenvalue weighted by Gasteiger charge is -2.14. The summed E-state index contributed by atoms with van der Waals surface area (Å²) in [6.45, 7) is 0. The molecule has 0 atom stereocenters. The van der Waals surface area contributed by atoms with Crippen molar-refractivity contribution < 1.29 is 28.6 Å². The van der Waals surface area contributed by atoms with E-state index < -0.39 is 11.9 Å². The van der Waals surface area contributed by atoms with Gasteiger partial charge in [0, 0.05) is 17.7 Å². The topological polar surface area (TPSA) is 84.9 Å². The second-order valence-corrected chi connectivity index (χ2v) is 7.22. The summed E-state index contributed by atoms with van der Waals surface area (Å²) in [5.74, 6) is -2.00. The fraction of sp³-hybridized carbons (Fsp3) is 0.0909. The van der Waals surface area contributed by atoms with Crippen LogP contribution in [0.15, 0.2) is 54.6 Å². The van der Waals surface area contributed by atoms with Gasteiger partial charge in [0.05, 0.1) is 17.2 Å². The Morgan fingerprint density at radius 1 is 1.03 bits per heavy atom. The normalized spacial score (nSPS) is 10.5. The first-order valence-electron chi connectivity index (χ1n) is 8.89. The van der Waals surface area contributed by atoms with Crippen LogP contribution in [0.4, 0.5) is 10.1 Å². The number of rotatable bonds is 6. The minimum absolute atomic E-state index is 0.0732. The summed E-state index contributed by atoms with van der Waals surface area (Å²) in [6.07, 6.45) is 0.474. The van der Waals surface area contributed by atoms with E-state index in [4.69, 9.17) is 37.8 Å². The van der Waals surface area contributed by atoms with Gasteiger partial charge in [0.25, 0.3) is 0 Å². The number of ether oxygens (including phenoxy) is 2. The lowest BCUT2D eigenvalue weighted by Crippen LogP contribution is -2.21. The zero-order chi connectivity index (χ0) is 22.5. The van der Waals surface area contributed by atoms with Crippen LogP contribution < -0.4 is 14.8 Å². The van der Waals surface area contributed by atoms with E-state index in [2.05, 4.69) is 5.32 Å². The maximum absolute atomic E-state index is 13.2. The van der Waals surface area contributed by atoms with Crippen LogP contribution in [-0.2, 0) is 16.0 Å². The third kappa shape index (κ3) is 5.65. The predicted octanol–water partition coefficient (Wildman–Crippen LogP) is 5.55. The van der Waals surface area contributed by atoms with Gasteiger partial charge in [-0.25, -0.2) is 9.18 Å². The fourth-order valence-corrected chi connectivity index (χ4v) is 3.37. The molecule has 0 aliphatic rings. The summed E-state index contributed by atoms with van der Waals surface area (Å²) < 4.78 is 24.4. The van der Waals surface area contributed by atoms with Crippen molar-refractivity contribution >= 4 is 40.8 Å². The van der Waals surface area contributed by atoms with Crippen molar-refractivity contribution in [3.63, 3.8) is 0 Å². The number of methoxy groups -OCH3 is 1. The molecule has 0 aliphatic heterocycles. The Balaban J connectivity index is 1.86. The van der Waals surface area contributed by atoms with Gasteiger partial charge < -0.3 is 19.9 Å². The molecule has 0 bridgehead atoms. The molecule has 1 amide bonds. The van der Waals surface area contributed by atoms with Crippen LogP contribution in [0, 0.1) is 5.82 Å². The average Bonchev–Trinajstić information content (AvgIpc) is 2.72. The molecular weight excluding hydrogens is 448 g/mol. The Kier molecular flexibility index (Phi) is 6.99. The summed E-state index contributed by atoms with van der Waals surface area (Å²) in [5, 5.41) is 11.0. The van der Waals surface area contributed by atoms with Gasteiger partial charge in [-0.2, -0.15) is 0 Å². The summed E-state index contributed by atoms with van der Waals surface area (Å²) in [5.41, 5.74) is 1.79. The van der Waals surface area contributed by atoms with Crippen molar-refractivity contribution in [2.75, 3.05) is 12.4 Å². The van der Waals surface area contributed by atoms with Gasteiger partial charge in [-0.05, 0) is 48.0 Å². The molecule has 0 radical (unpaired) electrons. The fourth-order valence-electron chi connectivity index (χ4n) is 2.81. The average molecular weight is 464 g/mol. The molecule has 0 spiro atoms. The molecule has 0 heterocycles. The van der Waals surface area contributed by atoms with E-state index in [-0.39, 0.29) is 27.3 Å². The van der Waals surface area contributed by atoms with Gasteiger partial charge in [0.2, 0.25) is 0 Å². The summed E-state index contributed by atoms with van der Waals surface area (Å²) in [6, 6.07) is 13.9. The predicted molar refractivity (Wildman–Crippen MR) is 115 cm³/mol. The van der Waals surface area contributed by atoms with Crippen LogP contribution in [0.2, 0.25) is 10.0 Å². The van der Waals surface area contributed by atoms with Gasteiger partial charge in [-0.3, -0.25) is 4.79 Å². The zero-order valence-corrected chi connectivity index (χ0v) is 17.6. The van der Waals surface area contributed by atoms with Gasteiger partial charge in [0.1, 0.15) is 17.3 Å². The molecule has 6 nitrogen and oxygen atoms in total. The third-order valence-corrected chi connectivity index (χ3v) is 4.79. The Bertz CT molecular complexity index is 1110. The minimum atomic E-state index is -1.64. The first kappa shape index (κ1) is 22.4. The standard InChI is InChI=1S/C22H16Cl2FNO5/c1-30-19-7-6-16(9-13(19)8-12-2-4-14(25)5-3-12)31-20-17(23)10-15(11-18(20)24)26-21(27)22(28)29/h2-7,9-11H,8H2,1H3,(H,26,27)(H,28,29). The van der Waals surface area contributed by atoms with Crippen molar-refractivity contribution in [1.29, 1.82) is 0 Å². The molecule has 3 rings (SSSR count). The monoisotopic (exact) mass is 463 g/mol. The number of hydrogen-bond acceptors (Lipinski definition) is 4. The number of carbonyl (C=O) groups excluding carboxylic acids is 1. The number of amides is 1. The molecule has 0 aliphatic carbocycles. The summed E-state index contributed by atoms with van der Waals surface area (Å²) in [7, 11) is 1.54. The highest BCUT2D eigenvalue weighted by Crippen LogP contribution is 2.40. The molecule has 2 N–H and O–H groups in total. The van der Waals surface area contributed by atoms with Crippen molar-refractivity contribution in [3.05, 3.63) is 81.6 Å². The second-order valence-electron chi connectivity index (χ2n) is 6.41. The second kappa shape index (κ2) is 9.68. The summed E-state index contributed by atoms with van der Waals surface area (Å²) in [4.78, 5) is 22.0. The highest BCUT2D eigenvalue weighted by atomic mass is 35.5. The highest BCUT2D eigenvalue weighted by Gasteiger charge is 2.16. The number of carbonyl (C=O) groups is 2. The Labute approximate surface area is 187 Å². The molecule has 3 aromatic rings. The van der Waals surface area contributed by atoms with Crippen molar-refractivity contribution in [2.45, 2.75) is 6.42 Å². The molecule has 0 aromatic heterocycles. The smallest absolute Gasteiger partial charge is 0.394 e. The van der Waals surface area contributed by atoms with Gasteiger partial charge >= 0.3 is 11.9 Å². The lowest BCUT2D eigenvalue weighted by atomic mass is 10.0. The molecule has 0 unspecified atom stereocenters. The number of carboxylic acids is 1. The molecule has 31 heavy (non-hydrogen) atoms. The minimum Gasteiger partial charge on any atom is -0.496 e. The maximum atomic E-state index is 13.2. The Morgan fingerprint density at radius 2 is 1.68 bits per heavy atom. The Hall–Kier alpha value is -3.29. The largest absolute Gasteiger partial charge is 0.496 e. The number of carboxylic acid groups (broad SMARTS) is 1. The zero-order valence-electron chi connectivity index (χ0n) is 16.1. The number of benzene rings is 3. The van der Waals surface area contributed by atoms with E-state index in [1.54, 1.807) is 37.4 Å². The third-order valence-electron chi connectivity index (χ3n) is 4.23.